The fourth-order valence-corrected chi connectivity index (χ4v) is 5.45. The van der Waals surface area contributed by atoms with Gasteiger partial charge in [-0.2, -0.15) is 0 Å². The van der Waals surface area contributed by atoms with Gasteiger partial charge in [-0.05, 0) is 52.6 Å². The maximum absolute atomic E-state index is 12.0. The van der Waals surface area contributed by atoms with E-state index in [1.807, 2.05) is 12.1 Å². The molecule has 2 aromatic rings. The Kier molecular flexibility index (Phi) is 7.69. The van der Waals surface area contributed by atoms with E-state index in [1.54, 1.807) is 32.7 Å². The minimum Gasteiger partial charge on any atom is -0.493 e. The number of methoxy groups -OCH3 is 3. The van der Waals surface area contributed by atoms with E-state index in [-0.39, 0.29) is 17.6 Å². The van der Waals surface area contributed by atoms with Crippen LogP contribution in [0.25, 0.3) is 0 Å². The summed E-state index contributed by atoms with van der Waals surface area (Å²) >= 11 is 1.66. The van der Waals surface area contributed by atoms with Crippen LogP contribution in [0.3, 0.4) is 0 Å². The van der Waals surface area contributed by atoms with Crippen LogP contribution in [0, 0.1) is 10.1 Å². The lowest BCUT2D eigenvalue weighted by Gasteiger charge is -2.30. The van der Waals surface area contributed by atoms with E-state index < -0.39 is 6.04 Å². The van der Waals surface area contributed by atoms with Crippen molar-refractivity contribution in [2.45, 2.75) is 51.2 Å². The van der Waals surface area contributed by atoms with Crippen LogP contribution in [-0.4, -0.2) is 39.1 Å². The smallest absolute Gasteiger partial charge is 0.224 e. The Hall–Kier alpha value is -2.16. The average Bonchev–Trinajstić information content (AvgIpc) is 3.14. The van der Waals surface area contributed by atoms with Crippen molar-refractivity contribution in [3.05, 3.63) is 54.8 Å². The summed E-state index contributed by atoms with van der Waals surface area (Å²) in [4.78, 5) is 13.1. The number of nitro groups is 1. The van der Waals surface area contributed by atoms with Crippen LogP contribution in [0.1, 0.15) is 52.8 Å². The first-order chi connectivity index (χ1) is 14.5. The number of aryl methyl sites for hydroxylation is 2. The molecule has 0 unspecified atom stereocenters. The Labute approximate surface area is 181 Å². The van der Waals surface area contributed by atoms with E-state index in [1.165, 1.54) is 4.88 Å². The molecule has 0 radical (unpaired) electrons. The second kappa shape index (κ2) is 10.2. The molecule has 7 nitrogen and oxygen atoms in total. The fraction of sp³-hybridized carbons (Fsp3) is 0.545. The van der Waals surface area contributed by atoms with Gasteiger partial charge in [-0.15, -0.1) is 11.3 Å². The predicted octanol–water partition coefficient (Wildman–Crippen LogP) is 4.56. The minimum absolute atomic E-state index is 0.138. The van der Waals surface area contributed by atoms with Gasteiger partial charge in [0.1, 0.15) is 6.79 Å². The standard InChI is InChI=1S/C22H29NO6S/c1-5-6-21-16(11-29-13-26-2)17(12-30-21)22-15-10-20(28-4)19(27-3)9-14(15)7-8-18(22)23(24)25/h9-10,12,18,22H,5-8,11,13H2,1-4H3/t18-,22+/m1/s1. The highest BCUT2D eigenvalue weighted by molar-refractivity contribution is 7.10. The van der Waals surface area contributed by atoms with E-state index in [4.69, 9.17) is 18.9 Å². The maximum Gasteiger partial charge on any atom is 0.224 e. The van der Waals surface area contributed by atoms with Gasteiger partial charge in [0.15, 0.2) is 11.5 Å². The molecule has 1 aliphatic carbocycles. The number of benzene rings is 1. The van der Waals surface area contributed by atoms with Gasteiger partial charge < -0.3 is 18.9 Å². The summed E-state index contributed by atoms with van der Waals surface area (Å²) in [7, 11) is 4.77. The van der Waals surface area contributed by atoms with Crippen molar-refractivity contribution in [2.24, 2.45) is 0 Å². The molecule has 0 bridgehead atoms. The quantitative estimate of drug-likeness (QED) is 0.236. The largest absolute Gasteiger partial charge is 0.493 e. The second-order valence-corrected chi connectivity index (χ2v) is 8.34. The summed E-state index contributed by atoms with van der Waals surface area (Å²) < 4.78 is 21.7. The van der Waals surface area contributed by atoms with Gasteiger partial charge in [0.2, 0.25) is 6.04 Å². The number of fused-ring (bicyclic) bond motifs is 1. The van der Waals surface area contributed by atoms with Crippen LogP contribution in [0.15, 0.2) is 17.5 Å². The Morgan fingerprint density at radius 1 is 1.17 bits per heavy atom. The maximum atomic E-state index is 12.0. The molecule has 0 aliphatic heterocycles. The Morgan fingerprint density at radius 3 is 2.53 bits per heavy atom. The number of hydrogen-bond donors (Lipinski definition) is 0. The summed E-state index contributed by atoms with van der Waals surface area (Å²) in [6, 6.07) is 3.17. The number of hydrogen-bond acceptors (Lipinski definition) is 7. The molecule has 0 saturated heterocycles. The van der Waals surface area contributed by atoms with Gasteiger partial charge in [0, 0.05) is 23.3 Å². The normalized spacial score (nSPS) is 18.1. The third-order valence-electron chi connectivity index (χ3n) is 5.62. The molecule has 0 spiro atoms. The summed E-state index contributed by atoms with van der Waals surface area (Å²) in [5.41, 5.74) is 4.05. The van der Waals surface area contributed by atoms with Crippen molar-refractivity contribution in [1.82, 2.24) is 0 Å². The highest BCUT2D eigenvalue weighted by atomic mass is 32.1. The van der Waals surface area contributed by atoms with Crippen molar-refractivity contribution < 1.29 is 23.9 Å². The molecule has 30 heavy (non-hydrogen) atoms. The zero-order chi connectivity index (χ0) is 21.7. The highest BCUT2D eigenvalue weighted by Gasteiger charge is 2.41. The van der Waals surface area contributed by atoms with Gasteiger partial charge in [-0.3, -0.25) is 10.1 Å². The molecule has 0 saturated carbocycles. The SMILES string of the molecule is CCCc1scc([C@@H]2c3cc(OC)c(OC)cc3CC[C@H]2[N+](=O)[O-])c1COCOC. The zero-order valence-corrected chi connectivity index (χ0v) is 18.8. The molecule has 1 aliphatic rings. The lowest BCUT2D eigenvalue weighted by Crippen LogP contribution is -2.33. The van der Waals surface area contributed by atoms with Crippen LogP contribution in [0.4, 0.5) is 0 Å². The number of thiophene rings is 1. The van der Waals surface area contributed by atoms with Crippen LogP contribution in [0.2, 0.25) is 0 Å². The molecule has 1 heterocycles. The van der Waals surface area contributed by atoms with Crippen molar-refractivity contribution in [3.8, 4) is 11.5 Å². The molecule has 2 atom stereocenters. The monoisotopic (exact) mass is 435 g/mol. The molecule has 164 valence electrons. The first-order valence-corrected chi connectivity index (χ1v) is 11.0. The van der Waals surface area contributed by atoms with E-state index in [2.05, 4.69) is 12.3 Å². The van der Waals surface area contributed by atoms with Gasteiger partial charge in [-0.25, -0.2) is 0 Å². The highest BCUT2D eigenvalue weighted by Crippen LogP contribution is 2.45. The van der Waals surface area contributed by atoms with Crippen molar-refractivity contribution in [2.75, 3.05) is 28.1 Å². The Bertz CT molecular complexity index is 881. The molecule has 3 rings (SSSR count). The van der Waals surface area contributed by atoms with E-state index in [0.717, 1.165) is 35.1 Å². The molecule has 0 fully saturated rings. The van der Waals surface area contributed by atoms with Gasteiger partial charge >= 0.3 is 0 Å². The van der Waals surface area contributed by atoms with Crippen molar-refractivity contribution in [1.29, 1.82) is 0 Å². The lowest BCUT2D eigenvalue weighted by atomic mass is 9.75. The number of nitrogens with zero attached hydrogens (tertiary/aromatic N) is 1. The molecular formula is C22H29NO6S. The second-order valence-electron chi connectivity index (χ2n) is 7.37. The summed E-state index contributed by atoms with van der Waals surface area (Å²) in [6.07, 6.45) is 3.05. The average molecular weight is 436 g/mol. The number of ether oxygens (including phenoxy) is 4. The van der Waals surface area contributed by atoms with Crippen LogP contribution >= 0.6 is 11.3 Å². The first kappa shape index (κ1) is 22.5. The molecule has 1 aromatic carbocycles. The Balaban J connectivity index is 2.14. The van der Waals surface area contributed by atoms with Gasteiger partial charge in [0.05, 0.1) is 26.7 Å². The predicted molar refractivity (Wildman–Crippen MR) is 115 cm³/mol. The van der Waals surface area contributed by atoms with Crippen LogP contribution in [-0.2, 0) is 28.9 Å². The number of rotatable bonds is 10. The molecule has 1 aromatic heterocycles. The summed E-state index contributed by atoms with van der Waals surface area (Å²) in [6.45, 7) is 2.70. The minimum atomic E-state index is -0.694. The van der Waals surface area contributed by atoms with Crippen LogP contribution in [0.5, 0.6) is 11.5 Å². The van der Waals surface area contributed by atoms with Gasteiger partial charge in [-0.1, -0.05) is 13.3 Å². The zero-order valence-electron chi connectivity index (χ0n) is 17.9. The van der Waals surface area contributed by atoms with E-state index >= 15 is 0 Å². The fourth-order valence-electron chi connectivity index (χ4n) is 4.25. The molecular weight excluding hydrogens is 406 g/mol. The first-order valence-electron chi connectivity index (χ1n) is 10.1. The van der Waals surface area contributed by atoms with Crippen molar-refractivity contribution in [3.63, 3.8) is 0 Å². The van der Waals surface area contributed by atoms with E-state index in [0.29, 0.717) is 30.9 Å². The topological polar surface area (TPSA) is 80.1 Å². The summed E-state index contributed by atoms with van der Waals surface area (Å²) in [5.74, 6) is 0.883. The van der Waals surface area contributed by atoms with Gasteiger partial charge in [0.25, 0.3) is 0 Å². The molecule has 0 amide bonds. The van der Waals surface area contributed by atoms with E-state index in [9.17, 15) is 10.1 Å². The lowest BCUT2D eigenvalue weighted by molar-refractivity contribution is -0.526. The van der Waals surface area contributed by atoms with Crippen molar-refractivity contribution >= 4 is 11.3 Å². The molecule has 8 heteroatoms. The summed E-state index contributed by atoms with van der Waals surface area (Å²) in [5, 5.41) is 14.1. The van der Waals surface area contributed by atoms with Crippen LogP contribution < -0.4 is 9.47 Å². The third-order valence-corrected chi connectivity index (χ3v) is 6.73. The molecule has 0 N–H and O–H groups in total. The Morgan fingerprint density at radius 2 is 1.90 bits per heavy atom. The third kappa shape index (κ3) is 4.45.